The van der Waals surface area contributed by atoms with E-state index < -0.39 is 29.4 Å². The molecule has 2 rings (SSSR count). The lowest BCUT2D eigenvalue weighted by atomic mass is 10.0. The Bertz CT molecular complexity index is 996. The first kappa shape index (κ1) is 27.8. The number of anilines is 1. The van der Waals surface area contributed by atoms with E-state index in [4.69, 9.17) is 5.11 Å². The molecule has 1 aliphatic heterocycles. The summed E-state index contributed by atoms with van der Waals surface area (Å²) in [7, 11) is 1.75. The number of pyridine rings is 1. The summed E-state index contributed by atoms with van der Waals surface area (Å²) in [6, 6.07) is 2.16. The molecule has 3 N–H and O–H groups in total. The highest BCUT2D eigenvalue weighted by molar-refractivity contribution is 5.96. The third-order valence-corrected chi connectivity index (χ3v) is 6.11. The molecule has 3 amide bonds. The minimum Gasteiger partial charge on any atom is -0.478 e. The Morgan fingerprint density at radius 3 is 2.54 bits per heavy atom. The minimum absolute atomic E-state index is 0.0133. The average Bonchev–Trinajstić information content (AvgIpc) is 2.82. The Morgan fingerprint density at radius 1 is 1.26 bits per heavy atom. The molecule has 1 atom stereocenters. The van der Waals surface area contributed by atoms with Crippen molar-refractivity contribution in [3.8, 4) is 0 Å². The van der Waals surface area contributed by atoms with Gasteiger partial charge in [-0.1, -0.05) is 13.0 Å². The average molecular weight is 490 g/mol. The fourth-order valence-corrected chi connectivity index (χ4v) is 4.02. The van der Waals surface area contributed by atoms with E-state index in [1.54, 1.807) is 18.0 Å². The van der Waals surface area contributed by atoms with Gasteiger partial charge in [-0.15, -0.1) is 0 Å². The molecule has 0 radical (unpaired) electrons. The van der Waals surface area contributed by atoms with E-state index in [0.717, 1.165) is 38.6 Å². The van der Waals surface area contributed by atoms with Crippen molar-refractivity contribution in [2.45, 2.75) is 58.2 Å². The Morgan fingerprint density at radius 2 is 1.94 bits per heavy atom. The normalized spacial score (nSPS) is 15.5. The van der Waals surface area contributed by atoms with Gasteiger partial charge in [-0.25, -0.2) is 4.79 Å². The van der Waals surface area contributed by atoms with Gasteiger partial charge in [0.15, 0.2) is 0 Å². The maximum absolute atomic E-state index is 12.9. The maximum Gasteiger partial charge on any atom is 0.327 e. The van der Waals surface area contributed by atoms with E-state index in [0.29, 0.717) is 0 Å². The van der Waals surface area contributed by atoms with E-state index in [2.05, 4.69) is 22.5 Å². The highest BCUT2D eigenvalue weighted by Crippen LogP contribution is 2.15. The van der Waals surface area contributed by atoms with Crippen LogP contribution in [0.4, 0.5) is 5.69 Å². The first-order valence-electron chi connectivity index (χ1n) is 11.8. The Kier molecular flexibility index (Phi) is 10.7. The molecule has 0 spiro atoms. The summed E-state index contributed by atoms with van der Waals surface area (Å²) in [4.78, 5) is 64.6. The molecule has 1 aromatic rings. The van der Waals surface area contributed by atoms with Crippen LogP contribution in [0.1, 0.15) is 39.5 Å². The molecule has 2 heterocycles. The lowest BCUT2D eigenvalue weighted by Crippen LogP contribution is -2.47. The maximum atomic E-state index is 12.9. The van der Waals surface area contributed by atoms with E-state index >= 15 is 0 Å². The number of nitrogens with one attached hydrogen (secondary N) is 2. The van der Waals surface area contributed by atoms with Crippen molar-refractivity contribution in [1.29, 1.82) is 0 Å². The SMILES string of the molecule is CCN1CCC(N(C)C(=O)Cn2cccc(NC(=O)C(CCC=CC(=O)O)NC(C)=O)c2=O)CC1. The highest BCUT2D eigenvalue weighted by Gasteiger charge is 2.25. The Labute approximate surface area is 204 Å². The van der Waals surface area contributed by atoms with Crippen molar-refractivity contribution in [1.82, 2.24) is 19.7 Å². The monoisotopic (exact) mass is 489 g/mol. The lowest BCUT2D eigenvalue weighted by molar-refractivity contribution is -0.133. The molecule has 1 aliphatic rings. The Balaban J connectivity index is 2.04. The van der Waals surface area contributed by atoms with Gasteiger partial charge in [0, 0.05) is 45.4 Å². The molecule has 1 unspecified atom stereocenters. The third-order valence-electron chi connectivity index (χ3n) is 6.11. The number of hydrogen-bond acceptors (Lipinski definition) is 6. The van der Waals surface area contributed by atoms with Crippen LogP contribution in [-0.2, 0) is 25.7 Å². The van der Waals surface area contributed by atoms with Gasteiger partial charge in [0.2, 0.25) is 17.7 Å². The number of aliphatic carboxylic acids is 1. The molecule has 192 valence electrons. The van der Waals surface area contributed by atoms with Gasteiger partial charge in [-0.2, -0.15) is 0 Å². The number of amides is 3. The number of hydrogen-bond donors (Lipinski definition) is 3. The molecule has 0 bridgehead atoms. The van der Waals surface area contributed by atoms with Crippen LogP contribution in [0.3, 0.4) is 0 Å². The van der Waals surface area contributed by atoms with Gasteiger partial charge in [0.05, 0.1) is 0 Å². The molecular formula is C24H35N5O6. The zero-order valence-electron chi connectivity index (χ0n) is 20.5. The quantitative estimate of drug-likeness (QED) is 0.388. The van der Waals surface area contributed by atoms with Gasteiger partial charge >= 0.3 is 5.97 Å². The van der Waals surface area contributed by atoms with Crippen molar-refractivity contribution >= 4 is 29.4 Å². The number of carbonyl (C=O) groups is 4. The summed E-state index contributed by atoms with van der Waals surface area (Å²) in [5.41, 5.74) is -0.545. The standard InChI is InChI=1S/C24H35N5O6/c1-4-28-14-11-18(12-15-28)27(3)21(31)16-29-13-7-9-20(24(29)35)26-23(34)19(25-17(2)30)8-5-6-10-22(32)33/h6-7,9-10,13,18-19H,4-5,8,11-12,14-16H2,1-3H3,(H,25,30)(H,26,34)(H,32,33). The fraction of sp³-hybridized carbons (Fsp3) is 0.542. The molecule has 1 saturated heterocycles. The van der Waals surface area contributed by atoms with Crippen LogP contribution < -0.4 is 16.2 Å². The van der Waals surface area contributed by atoms with Crippen LogP contribution in [0, 0.1) is 0 Å². The molecule has 1 fully saturated rings. The van der Waals surface area contributed by atoms with E-state index in [9.17, 15) is 24.0 Å². The van der Waals surface area contributed by atoms with Crippen molar-refractivity contribution in [3.05, 3.63) is 40.8 Å². The number of carboxylic acid groups (broad SMARTS) is 1. The van der Waals surface area contributed by atoms with E-state index in [1.807, 2.05) is 0 Å². The lowest BCUT2D eigenvalue weighted by Gasteiger charge is -2.36. The van der Waals surface area contributed by atoms with Gasteiger partial charge in [0.25, 0.3) is 5.56 Å². The highest BCUT2D eigenvalue weighted by atomic mass is 16.4. The van der Waals surface area contributed by atoms with Crippen molar-refractivity contribution in [2.24, 2.45) is 0 Å². The molecule has 0 aliphatic carbocycles. The summed E-state index contributed by atoms with van der Waals surface area (Å²) in [6.45, 7) is 6.07. The number of carboxylic acids is 1. The van der Waals surface area contributed by atoms with Crippen LogP contribution in [0.25, 0.3) is 0 Å². The van der Waals surface area contributed by atoms with Crippen LogP contribution >= 0.6 is 0 Å². The molecular weight excluding hydrogens is 454 g/mol. The number of rotatable bonds is 11. The molecule has 35 heavy (non-hydrogen) atoms. The van der Waals surface area contributed by atoms with Crippen LogP contribution in [0.5, 0.6) is 0 Å². The number of carbonyl (C=O) groups excluding carboxylic acids is 3. The zero-order valence-corrected chi connectivity index (χ0v) is 20.5. The van der Waals surface area contributed by atoms with Crippen molar-refractivity contribution in [2.75, 3.05) is 32.0 Å². The first-order valence-corrected chi connectivity index (χ1v) is 11.8. The van der Waals surface area contributed by atoms with E-state index in [-0.39, 0.29) is 37.0 Å². The summed E-state index contributed by atoms with van der Waals surface area (Å²) in [5.74, 6) is -2.34. The Hall–Kier alpha value is -3.47. The van der Waals surface area contributed by atoms with Crippen molar-refractivity contribution in [3.63, 3.8) is 0 Å². The smallest absolute Gasteiger partial charge is 0.327 e. The van der Waals surface area contributed by atoms with E-state index in [1.165, 1.54) is 29.8 Å². The van der Waals surface area contributed by atoms with Crippen molar-refractivity contribution < 1.29 is 24.3 Å². The number of nitrogens with zero attached hydrogens (tertiary/aromatic N) is 3. The van der Waals surface area contributed by atoms with Gasteiger partial charge in [0.1, 0.15) is 18.3 Å². The first-order chi connectivity index (χ1) is 16.6. The number of allylic oxidation sites excluding steroid dienone is 1. The van der Waals surface area contributed by atoms with Gasteiger partial charge in [-0.3, -0.25) is 19.2 Å². The second kappa shape index (κ2) is 13.4. The fourth-order valence-electron chi connectivity index (χ4n) is 4.02. The van der Waals surface area contributed by atoms with Gasteiger partial charge < -0.3 is 30.1 Å². The molecule has 0 saturated carbocycles. The second-order valence-corrected chi connectivity index (χ2v) is 8.59. The number of aromatic nitrogens is 1. The number of piperidine rings is 1. The molecule has 11 nitrogen and oxygen atoms in total. The van der Waals surface area contributed by atoms with Crippen LogP contribution in [0.2, 0.25) is 0 Å². The predicted octanol–water partition coefficient (Wildman–Crippen LogP) is 0.655. The van der Waals surface area contributed by atoms with Crippen LogP contribution in [0.15, 0.2) is 35.3 Å². The summed E-state index contributed by atoms with van der Waals surface area (Å²) >= 11 is 0. The largest absolute Gasteiger partial charge is 0.478 e. The summed E-state index contributed by atoms with van der Waals surface area (Å²) in [5, 5.41) is 13.7. The van der Waals surface area contributed by atoms with Gasteiger partial charge in [-0.05, 0) is 44.4 Å². The van der Waals surface area contributed by atoms with Crippen LogP contribution in [-0.4, -0.2) is 81.9 Å². The topological polar surface area (TPSA) is 141 Å². The molecule has 11 heteroatoms. The minimum atomic E-state index is -1.11. The number of likely N-dealkylation sites (N-methyl/N-ethyl adjacent to an activating group) is 1. The number of likely N-dealkylation sites (tertiary alicyclic amines) is 1. The predicted molar refractivity (Wildman–Crippen MR) is 131 cm³/mol. The molecule has 1 aromatic heterocycles. The second-order valence-electron chi connectivity index (χ2n) is 8.59. The zero-order chi connectivity index (χ0) is 26.0. The summed E-state index contributed by atoms with van der Waals surface area (Å²) in [6.07, 6.45) is 5.98. The third kappa shape index (κ3) is 8.67. The molecule has 0 aromatic carbocycles. The summed E-state index contributed by atoms with van der Waals surface area (Å²) < 4.78 is 1.25.